The molecule has 1 heterocycles. The molecule has 0 aliphatic rings. The van der Waals surface area contributed by atoms with E-state index in [-0.39, 0.29) is 0 Å². The van der Waals surface area contributed by atoms with Crippen LogP contribution in [-0.4, -0.2) is 23.2 Å². The third-order valence-electron chi connectivity index (χ3n) is 3.47. The van der Waals surface area contributed by atoms with Gasteiger partial charge in [-0.25, -0.2) is 4.98 Å². The van der Waals surface area contributed by atoms with Crippen molar-refractivity contribution in [2.24, 2.45) is 0 Å². The first kappa shape index (κ1) is 16.5. The summed E-state index contributed by atoms with van der Waals surface area (Å²) in [5.74, 6) is 0.719. The van der Waals surface area contributed by atoms with Crippen LogP contribution in [0.5, 0.6) is 0 Å². The van der Waals surface area contributed by atoms with Gasteiger partial charge >= 0.3 is 0 Å². The Labute approximate surface area is 129 Å². The molecule has 1 atom stereocenters. The highest BCUT2D eigenvalue weighted by Crippen LogP contribution is 2.24. The molecule has 0 bridgehead atoms. The average molecular weight is 321 g/mol. The monoisotopic (exact) mass is 321 g/mol. The zero-order valence-electron chi connectivity index (χ0n) is 12.8. The fourth-order valence-electron chi connectivity index (χ4n) is 1.98. The van der Waals surface area contributed by atoms with E-state index in [4.69, 9.17) is 8.97 Å². The van der Waals surface area contributed by atoms with Crippen LogP contribution < -0.4 is 0 Å². The van der Waals surface area contributed by atoms with Crippen LogP contribution in [0.2, 0.25) is 0 Å². The van der Waals surface area contributed by atoms with Gasteiger partial charge in [-0.3, -0.25) is 4.55 Å². The summed E-state index contributed by atoms with van der Waals surface area (Å²) in [6.45, 7) is 5.04. The molecule has 3 aromatic rings. The standard InChI is InChI=1S/C12H9NO.C4H10O3S/c1-8-13-12-10-5-3-2-4-9(10)6-7-11(12)14-8;1-3-4(2)8(5,6)7/h2-7H,1H3;4H,3H2,1-2H3,(H,5,6,7). The molecule has 1 aromatic heterocycles. The Balaban J connectivity index is 0.000000192. The van der Waals surface area contributed by atoms with Gasteiger partial charge < -0.3 is 4.42 Å². The first-order chi connectivity index (χ1) is 10.3. The van der Waals surface area contributed by atoms with Crippen LogP contribution in [0.4, 0.5) is 0 Å². The second-order valence-electron chi connectivity index (χ2n) is 5.10. The highest BCUT2D eigenvalue weighted by Gasteiger charge is 2.13. The Bertz CT molecular complexity index is 883. The van der Waals surface area contributed by atoms with Gasteiger partial charge in [-0.15, -0.1) is 0 Å². The lowest BCUT2D eigenvalue weighted by Gasteiger charge is -2.00. The molecule has 0 spiro atoms. The summed E-state index contributed by atoms with van der Waals surface area (Å²) in [5, 5.41) is 1.73. The molecule has 0 aliphatic heterocycles. The van der Waals surface area contributed by atoms with E-state index in [1.165, 1.54) is 12.3 Å². The number of rotatable bonds is 2. The van der Waals surface area contributed by atoms with Gasteiger partial charge in [0, 0.05) is 12.3 Å². The molecule has 22 heavy (non-hydrogen) atoms. The molecule has 2 aromatic carbocycles. The Kier molecular flexibility index (Phi) is 4.83. The number of hydrogen-bond acceptors (Lipinski definition) is 4. The molecular weight excluding hydrogens is 302 g/mol. The zero-order chi connectivity index (χ0) is 16.3. The lowest BCUT2D eigenvalue weighted by molar-refractivity contribution is 0.468. The number of aromatic nitrogens is 1. The fraction of sp³-hybridized carbons (Fsp3) is 0.312. The maximum absolute atomic E-state index is 10.1. The Morgan fingerprint density at radius 2 is 1.91 bits per heavy atom. The Morgan fingerprint density at radius 1 is 1.23 bits per heavy atom. The molecule has 1 unspecified atom stereocenters. The second kappa shape index (κ2) is 6.46. The third kappa shape index (κ3) is 3.64. The highest BCUT2D eigenvalue weighted by molar-refractivity contribution is 7.86. The summed E-state index contributed by atoms with van der Waals surface area (Å²) in [5.41, 5.74) is 1.82. The summed E-state index contributed by atoms with van der Waals surface area (Å²) in [6.07, 6.45) is 0.457. The molecular formula is C16H19NO4S. The van der Waals surface area contributed by atoms with Crippen LogP contribution in [0, 0.1) is 6.92 Å². The number of hydrogen-bond donors (Lipinski definition) is 1. The van der Waals surface area contributed by atoms with Gasteiger partial charge in [0.1, 0.15) is 5.52 Å². The molecule has 0 fully saturated rings. The van der Waals surface area contributed by atoms with Gasteiger partial charge in [0.2, 0.25) is 0 Å². The minimum absolute atomic E-state index is 0.457. The normalized spacial score (nSPS) is 12.9. The number of nitrogens with zero attached hydrogens (tertiary/aromatic N) is 1. The van der Waals surface area contributed by atoms with Crippen molar-refractivity contribution >= 4 is 32.0 Å². The van der Waals surface area contributed by atoms with Crippen molar-refractivity contribution in [2.75, 3.05) is 0 Å². The predicted molar refractivity (Wildman–Crippen MR) is 87.6 cm³/mol. The third-order valence-corrected chi connectivity index (χ3v) is 4.82. The van der Waals surface area contributed by atoms with Gasteiger partial charge in [0.25, 0.3) is 10.1 Å². The van der Waals surface area contributed by atoms with Crippen LogP contribution in [-0.2, 0) is 10.1 Å². The highest BCUT2D eigenvalue weighted by atomic mass is 32.2. The molecule has 0 saturated heterocycles. The molecule has 5 nitrogen and oxygen atoms in total. The SMILES string of the molecule is CCC(C)S(=O)(=O)O.Cc1nc2c(ccc3ccccc32)o1. The number of oxazole rings is 1. The smallest absolute Gasteiger partial charge is 0.267 e. The number of aryl methyl sites for hydroxylation is 1. The molecule has 0 radical (unpaired) electrons. The van der Waals surface area contributed by atoms with E-state index in [2.05, 4.69) is 23.2 Å². The summed E-state index contributed by atoms with van der Waals surface area (Å²) in [7, 11) is -3.75. The summed E-state index contributed by atoms with van der Waals surface area (Å²) in [6, 6.07) is 12.2. The van der Waals surface area contributed by atoms with Crippen LogP contribution in [0.1, 0.15) is 26.2 Å². The van der Waals surface area contributed by atoms with E-state index < -0.39 is 15.4 Å². The minimum Gasteiger partial charge on any atom is -0.441 e. The summed E-state index contributed by atoms with van der Waals surface area (Å²) in [4.78, 5) is 4.37. The van der Waals surface area contributed by atoms with Gasteiger partial charge in [-0.1, -0.05) is 37.3 Å². The lowest BCUT2D eigenvalue weighted by Crippen LogP contribution is -2.14. The van der Waals surface area contributed by atoms with Crippen LogP contribution in [0.25, 0.3) is 21.9 Å². The fourth-order valence-corrected chi connectivity index (χ4v) is 2.40. The molecule has 0 saturated carbocycles. The first-order valence-electron chi connectivity index (χ1n) is 7.04. The van der Waals surface area contributed by atoms with Crippen molar-refractivity contribution in [1.29, 1.82) is 0 Å². The van der Waals surface area contributed by atoms with Gasteiger partial charge in [0.15, 0.2) is 11.5 Å². The van der Waals surface area contributed by atoms with Crippen molar-refractivity contribution in [3.8, 4) is 0 Å². The van der Waals surface area contributed by atoms with Gasteiger partial charge in [-0.2, -0.15) is 8.42 Å². The van der Waals surface area contributed by atoms with Crippen molar-refractivity contribution in [1.82, 2.24) is 4.98 Å². The van der Waals surface area contributed by atoms with E-state index in [1.807, 2.05) is 25.1 Å². The molecule has 6 heteroatoms. The molecule has 118 valence electrons. The van der Waals surface area contributed by atoms with Gasteiger partial charge in [-0.05, 0) is 24.8 Å². The van der Waals surface area contributed by atoms with Crippen LogP contribution >= 0.6 is 0 Å². The summed E-state index contributed by atoms with van der Waals surface area (Å²) < 4.78 is 34.0. The van der Waals surface area contributed by atoms with E-state index >= 15 is 0 Å². The van der Waals surface area contributed by atoms with E-state index in [0.717, 1.165) is 22.4 Å². The molecule has 0 amide bonds. The maximum atomic E-state index is 10.1. The maximum Gasteiger partial charge on any atom is 0.267 e. The molecule has 1 N–H and O–H groups in total. The Hall–Kier alpha value is -1.92. The predicted octanol–water partition coefficient (Wildman–Crippen LogP) is 3.96. The Morgan fingerprint density at radius 3 is 2.50 bits per heavy atom. The lowest BCUT2D eigenvalue weighted by atomic mass is 10.1. The van der Waals surface area contributed by atoms with E-state index in [1.54, 1.807) is 6.92 Å². The number of fused-ring (bicyclic) bond motifs is 3. The summed E-state index contributed by atoms with van der Waals surface area (Å²) >= 11 is 0. The topological polar surface area (TPSA) is 80.4 Å². The van der Waals surface area contributed by atoms with E-state index in [0.29, 0.717) is 6.42 Å². The number of benzene rings is 2. The van der Waals surface area contributed by atoms with Crippen LogP contribution in [0.15, 0.2) is 40.8 Å². The molecule has 3 rings (SSSR count). The largest absolute Gasteiger partial charge is 0.441 e. The zero-order valence-corrected chi connectivity index (χ0v) is 13.6. The van der Waals surface area contributed by atoms with Gasteiger partial charge in [0.05, 0.1) is 5.25 Å². The van der Waals surface area contributed by atoms with E-state index in [9.17, 15) is 8.42 Å². The van der Waals surface area contributed by atoms with Crippen LogP contribution in [0.3, 0.4) is 0 Å². The average Bonchev–Trinajstić information content (AvgIpc) is 2.87. The van der Waals surface area contributed by atoms with Crippen molar-refractivity contribution in [2.45, 2.75) is 32.4 Å². The van der Waals surface area contributed by atoms with Crippen molar-refractivity contribution < 1.29 is 17.4 Å². The second-order valence-corrected chi connectivity index (χ2v) is 6.93. The van der Waals surface area contributed by atoms with Crippen molar-refractivity contribution in [3.63, 3.8) is 0 Å². The molecule has 0 aliphatic carbocycles. The minimum atomic E-state index is -3.75. The quantitative estimate of drug-likeness (QED) is 0.723. The van der Waals surface area contributed by atoms with Crippen molar-refractivity contribution in [3.05, 3.63) is 42.3 Å². The first-order valence-corrected chi connectivity index (χ1v) is 8.54.